The molecule has 0 aliphatic rings. The molecule has 0 unspecified atom stereocenters. The normalized spacial score (nSPS) is 10.6. The van der Waals surface area contributed by atoms with E-state index in [1.807, 2.05) is 30.3 Å². The van der Waals surface area contributed by atoms with E-state index in [9.17, 15) is 4.79 Å². The standard InChI is InChI=1S/C16H14N2O4/c1-10-13(21-9-17-10)8-20-16(19)14-11(2)18-15(22-14)12-6-4-3-5-7-12/h3-7,9H,8H2,1-2H3. The maximum atomic E-state index is 12.1. The Bertz CT molecular complexity index is 790. The fraction of sp³-hybridized carbons (Fsp3) is 0.188. The summed E-state index contributed by atoms with van der Waals surface area (Å²) in [4.78, 5) is 20.3. The lowest BCUT2D eigenvalue weighted by Gasteiger charge is -2.01. The molecule has 0 radical (unpaired) electrons. The van der Waals surface area contributed by atoms with Crippen LogP contribution in [0.1, 0.15) is 27.7 Å². The molecular formula is C16H14N2O4. The average Bonchev–Trinajstić information content (AvgIpc) is 3.12. The first-order valence-corrected chi connectivity index (χ1v) is 6.74. The monoisotopic (exact) mass is 298 g/mol. The molecule has 0 fully saturated rings. The summed E-state index contributed by atoms with van der Waals surface area (Å²) in [5.74, 6) is 0.411. The van der Waals surface area contributed by atoms with Gasteiger partial charge in [0, 0.05) is 5.56 Å². The van der Waals surface area contributed by atoms with Gasteiger partial charge in [0.15, 0.2) is 18.8 Å². The third-order valence-corrected chi connectivity index (χ3v) is 3.18. The number of carbonyl (C=O) groups excluding carboxylic acids is 1. The summed E-state index contributed by atoms with van der Waals surface area (Å²) >= 11 is 0. The second-order valence-electron chi connectivity index (χ2n) is 4.74. The van der Waals surface area contributed by atoms with E-state index in [-0.39, 0.29) is 12.4 Å². The summed E-state index contributed by atoms with van der Waals surface area (Å²) in [5, 5.41) is 0. The Morgan fingerprint density at radius 1 is 1.18 bits per heavy atom. The van der Waals surface area contributed by atoms with Crippen molar-refractivity contribution in [3.8, 4) is 11.5 Å². The van der Waals surface area contributed by atoms with Crippen molar-refractivity contribution in [2.75, 3.05) is 0 Å². The van der Waals surface area contributed by atoms with Crippen LogP contribution in [-0.2, 0) is 11.3 Å². The van der Waals surface area contributed by atoms with E-state index >= 15 is 0 Å². The number of aromatic nitrogens is 2. The maximum absolute atomic E-state index is 12.1. The number of nitrogens with zero attached hydrogens (tertiary/aromatic N) is 2. The van der Waals surface area contributed by atoms with Crippen molar-refractivity contribution in [2.24, 2.45) is 0 Å². The Hall–Kier alpha value is -2.89. The van der Waals surface area contributed by atoms with Crippen molar-refractivity contribution in [2.45, 2.75) is 20.5 Å². The van der Waals surface area contributed by atoms with Gasteiger partial charge in [-0.15, -0.1) is 0 Å². The molecule has 0 aliphatic heterocycles. The van der Waals surface area contributed by atoms with Crippen LogP contribution in [-0.4, -0.2) is 15.9 Å². The molecule has 0 atom stereocenters. The van der Waals surface area contributed by atoms with Gasteiger partial charge < -0.3 is 13.6 Å². The molecule has 0 aliphatic carbocycles. The van der Waals surface area contributed by atoms with Gasteiger partial charge in [-0.3, -0.25) is 0 Å². The molecule has 3 aromatic rings. The van der Waals surface area contributed by atoms with Crippen LogP contribution in [0.5, 0.6) is 0 Å². The first-order valence-electron chi connectivity index (χ1n) is 6.74. The molecule has 1 aromatic carbocycles. The van der Waals surface area contributed by atoms with Crippen LogP contribution in [0.15, 0.2) is 45.6 Å². The zero-order valence-electron chi connectivity index (χ0n) is 12.2. The van der Waals surface area contributed by atoms with E-state index < -0.39 is 5.97 Å². The molecule has 6 nitrogen and oxygen atoms in total. The minimum Gasteiger partial charge on any atom is -0.452 e. The van der Waals surface area contributed by atoms with Gasteiger partial charge in [0.2, 0.25) is 11.7 Å². The minimum absolute atomic E-state index is 0.00543. The number of hydrogen-bond donors (Lipinski definition) is 0. The summed E-state index contributed by atoms with van der Waals surface area (Å²) < 4.78 is 15.8. The molecule has 6 heteroatoms. The molecule has 0 amide bonds. The van der Waals surface area contributed by atoms with Gasteiger partial charge in [-0.05, 0) is 26.0 Å². The summed E-state index contributed by atoms with van der Waals surface area (Å²) in [6.45, 7) is 3.48. The highest BCUT2D eigenvalue weighted by Crippen LogP contribution is 2.22. The molecule has 0 saturated heterocycles. The molecule has 112 valence electrons. The number of ether oxygens (including phenoxy) is 1. The lowest BCUT2D eigenvalue weighted by Crippen LogP contribution is -2.05. The number of esters is 1. The molecule has 3 rings (SSSR count). The molecule has 0 saturated carbocycles. The van der Waals surface area contributed by atoms with Crippen molar-refractivity contribution in [1.82, 2.24) is 9.97 Å². The maximum Gasteiger partial charge on any atom is 0.376 e. The fourth-order valence-corrected chi connectivity index (χ4v) is 1.95. The van der Waals surface area contributed by atoms with Crippen LogP contribution in [0.4, 0.5) is 0 Å². The van der Waals surface area contributed by atoms with Crippen LogP contribution in [0.2, 0.25) is 0 Å². The second kappa shape index (κ2) is 5.85. The largest absolute Gasteiger partial charge is 0.452 e. The first-order chi connectivity index (χ1) is 10.6. The summed E-state index contributed by atoms with van der Waals surface area (Å²) in [6.07, 6.45) is 1.31. The molecule has 0 spiro atoms. The number of carbonyl (C=O) groups is 1. The zero-order valence-corrected chi connectivity index (χ0v) is 12.2. The Labute approximate surface area is 126 Å². The highest BCUT2D eigenvalue weighted by Gasteiger charge is 2.20. The Morgan fingerprint density at radius 2 is 1.95 bits per heavy atom. The highest BCUT2D eigenvalue weighted by atomic mass is 16.6. The van der Waals surface area contributed by atoms with Gasteiger partial charge in [-0.2, -0.15) is 0 Å². The molecule has 22 heavy (non-hydrogen) atoms. The van der Waals surface area contributed by atoms with Crippen molar-refractivity contribution >= 4 is 5.97 Å². The molecule has 2 aromatic heterocycles. The van der Waals surface area contributed by atoms with Crippen molar-refractivity contribution in [1.29, 1.82) is 0 Å². The van der Waals surface area contributed by atoms with E-state index in [4.69, 9.17) is 13.6 Å². The number of aryl methyl sites for hydroxylation is 2. The van der Waals surface area contributed by atoms with Gasteiger partial charge in [0.05, 0.1) is 11.4 Å². The van der Waals surface area contributed by atoms with Crippen LogP contribution >= 0.6 is 0 Å². The zero-order chi connectivity index (χ0) is 15.5. The quantitative estimate of drug-likeness (QED) is 0.688. The van der Waals surface area contributed by atoms with Crippen LogP contribution in [0.3, 0.4) is 0 Å². The van der Waals surface area contributed by atoms with E-state index in [2.05, 4.69) is 9.97 Å². The van der Waals surface area contributed by atoms with Gasteiger partial charge in [-0.1, -0.05) is 18.2 Å². The lowest BCUT2D eigenvalue weighted by molar-refractivity contribution is 0.0408. The fourth-order valence-electron chi connectivity index (χ4n) is 1.95. The number of rotatable bonds is 4. The summed E-state index contributed by atoms with van der Waals surface area (Å²) in [7, 11) is 0. The second-order valence-corrected chi connectivity index (χ2v) is 4.74. The summed E-state index contributed by atoms with van der Waals surface area (Å²) in [6, 6.07) is 9.36. The minimum atomic E-state index is -0.581. The van der Waals surface area contributed by atoms with Crippen LogP contribution in [0.25, 0.3) is 11.5 Å². The summed E-state index contributed by atoms with van der Waals surface area (Å²) in [5.41, 5.74) is 1.97. The Morgan fingerprint density at radius 3 is 2.64 bits per heavy atom. The SMILES string of the molecule is Cc1ncoc1COC(=O)c1oc(-c2ccccc2)nc1C. The predicted molar refractivity (Wildman–Crippen MR) is 77.0 cm³/mol. The van der Waals surface area contributed by atoms with Crippen molar-refractivity contribution < 1.29 is 18.4 Å². The third kappa shape index (κ3) is 2.76. The van der Waals surface area contributed by atoms with E-state index in [0.717, 1.165) is 5.56 Å². The molecule has 0 bridgehead atoms. The van der Waals surface area contributed by atoms with Crippen molar-refractivity contribution in [3.63, 3.8) is 0 Å². The smallest absolute Gasteiger partial charge is 0.376 e. The lowest BCUT2D eigenvalue weighted by atomic mass is 10.2. The van der Waals surface area contributed by atoms with Gasteiger partial charge >= 0.3 is 5.97 Å². The topological polar surface area (TPSA) is 78.4 Å². The average molecular weight is 298 g/mol. The molecule has 0 N–H and O–H groups in total. The first kappa shape index (κ1) is 14.1. The number of benzene rings is 1. The molecular weight excluding hydrogens is 284 g/mol. The predicted octanol–water partition coefficient (Wildman–Crippen LogP) is 3.30. The van der Waals surface area contributed by atoms with Gasteiger partial charge in [0.1, 0.15) is 0 Å². The van der Waals surface area contributed by atoms with Crippen LogP contribution < -0.4 is 0 Å². The van der Waals surface area contributed by atoms with E-state index in [0.29, 0.717) is 23.0 Å². The number of hydrogen-bond acceptors (Lipinski definition) is 6. The van der Waals surface area contributed by atoms with Gasteiger partial charge in [-0.25, -0.2) is 14.8 Å². The van der Waals surface area contributed by atoms with E-state index in [1.165, 1.54) is 6.39 Å². The number of oxazole rings is 2. The van der Waals surface area contributed by atoms with Crippen molar-refractivity contribution in [3.05, 3.63) is 59.6 Å². The van der Waals surface area contributed by atoms with E-state index in [1.54, 1.807) is 13.8 Å². The highest BCUT2D eigenvalue weighted by molar-refractivity contribution is 5.87. The van der Waals surface area contributed by atoms with Crippen LogP contribution in [0, 0.1) is 13.8 Å². The van der Waals surface area contributed by atoms with Gasteiger partial charge in [0.25, 0.3) is 0 Å². The Balaban J connectivity index is 1.76. The molecule has 2 heterocycles. The third-order valence-electron chi connectivity index (χ3n) is 3.18. The Kier molecular flexibility index (Phi) is 3.74.